The molecule has 0 N–H and O–H groups in total. The Morgan fingerprint density at radius 3 is 0.692 bits per heavy atom. The maximum absolute atomic E-state index is 4.28. The summed E-state index contributed by atoms with van der Waals surface area (Å²) in [4.78, 5) is 7.88. The van der Waals surface area contributed by atoms with E-state index in [1.165, 1.54) is 199 Å². The van der Waals surface area contributed by atoms with Gasteiger partial charge in [0.05, 0.1) is 17.1 Å². The van der Waals surface area contributed by atoms with Crippen LogP contribution < -0.4 is 14.7 Å². The van der Waals surface area contributed by atoms with Crippen molar-refractivity contribution in [2.75, 3.05) is 14.7 Å². The van der Waals surface area contributed by atoms with Crippen molar-refractivity contribution in [2.45, 2.75) is 250 Å². The fraction of sp³-hybridized carbons (Fsp3) is 0.333. The van der Waals surface area contributed by atoms with Crippen molar-refractivity contribution in [1.29, 1.82) is 0 Å². The number of anilines is 9. The standard InChI is InChI=1S/C117H129N3/c1-10-19-25-37-76-115(77-38-26-20-11-2)103-82-94(118(91-64-58-85(16-7)59-65-91)106-55-43-49-88-46-31-34-52-97(88)106)70-73-100(103)109-112(115)110-101-74-71-95(119(92-66-60-86(17-8)61-67-92)107-56-44-50-89-47-32-35-53-98(89)107)83-104(101)116(78-39-27-21-12-3,79-40-28-22-13-4)114(110)111-102-75-72-96(84-105(102)117(113(109)111,80-41-29-23-14-5)81-42-30-24-15-6)120(93-68-62-87(18-9)63-69-93)108-57-45-51-90-48-33-36-54-99(90)108/h16-18,31-36,43-75,82-84H,7-15,19-30,37-42,76-81H2,1-6H3. The number of hydrogen-bond acceptors (Lipinski definition) is 3. The first kappa shape index (κ1) is 82.9. The van der Waals surface area contributed by atoms with Crippen molar-refractivity contribution in [2.24, 2.45) is 0 Å². The zero-order valence-corrected chi connectivity index (χ0v) is 73.2. The van der Waals surface area contributed by atoms with Crippen molar-refractivity contribution in [1.82, 2.24) is 0 Å². The maximum Gasteiger partial charge on any atom is 0.0540 e. The van der Waals surface area contributed by atoms with Gasteiger partial charge in [0.2, 0.25) is 0 Å². The first-order valence-electron chi connectivity index (χ1n) is 46.9. The second-order valence-corrected chi connectivity index (χ2v) is 35.4. The average Bonchev–Trinajstić information content (AvgIpc) is 1.48. The Bertz CT molecular complexity index is 5120. The Labute approximate surface area is 720 Å². The van der Waals surface area contributed by atoms with Gasteiger partial charge in [0.1, 0.15) is 0 Å². The van der Waals surface area contributed by atoms with E-state index in [0.29, 0.717) is 0 Å². The van der Waals surface area contributed by atoms with Crippen LogP contribution in [0.25, 0.3) is 83.9 Å². The highest BCUT2D eigenvalue weighted by Gasteiger charge is 2.58. The Morgan fingerprint density at radius 2 is 0.458 bits per heavy atom. The lowest BCUT2D eigenvalue weighted by Gasteiger charge is -2.40. The Morgan fingerprint density at radius 1 is 0.233 bits per heavy atom. The molecule has 0 unspecified atom stereocenters. The molecule has 0 saturated carbocycles. The van der Waals surface area contributed by atoms with Crippen LogP contribution in [-0.4, -0.2) is 0 Å². The molecule has 0 spiro atoms. The quantitative estimate of drug-likeness (QED) is 0.0353. The Balaban J connectivity index is 1.09. The first-order chi connectivity index (χ1) is 59.1. The van der Waals surface area contributed by atoms with Crippen LogP contribution in [0.5, 0.6) is 0 Å². The van der Waals surface area contributed by atoms with Gasteiger partial charge in [0.25, 0.3) is 0 Å². The van der Waals surface area contributed by atoms with Gasteiger partial charge in [0, 0.05) is 66.5 Å². The predicted molar refractivity (Wildman–Crippen MR) is 524 cm³/mol. The highest BCUT2D eigenvalue weighted by atomic mass is 15.2. The van der Waals surface area contributed by atoms with Gasteiger partial charge in [0.15, 0.2) is 0 Å². The van der Waals surface area contributed by atoms with Crippen molar-refractivity contribution < 1.29 is 0 Å². The van der Waals surface area contributed by atoms with E-state index in [2.05, 4.69) is 331 Å². The number of hydrogen-bond donors (Lipinski definition) is 0. The average molecular weight is 1580 g/mol. The predicted octanol–water partition coefficient (Wildman–Crippen LogP) is 36.1. The van der Waals surface area contributed by atoms with Crippen LogP contribution in [0.3, 0.4) is 0 Å². The summed E-state index contributed by atoms with van der Waals surface area (Å²) in [6.45, 7) is 27.3. The van der Waals surface area contributed by atoms with Crippen molar-refractivity contribution in [3.05, 3.63) is 325 Å². The van der Waals surface area contributed by atoms with Gasteiger partial charge in [-0.15, -0.1) is 0 Å². The number of unbranched alkanes of at least 4 members (excludes halogenated alkanes) is 18. The molecular formula is C117H129N3. The largest absolute Gasteiger partial charge is 0.310 e. The zero-order valence-electron chi connectivity index (χ0n) is 73.2. The minimum Gasteiger partial charge on any atom is -0.310 e. The van der Waals surface area contributed by atoms with E-state index in [4.69, 9.17) is 0 Å². The second kappa shape index (κ2) is 37.9. The van der Waals surface area contributed by atoms with Crippen LogP contribution in [0.2, 0.25) is 0 Å². The summed E-state index contributed by atoms with van der Waals surface area (Å²) in [5.74, 6) is 0. The van der Waals surface area contributed by atoms with Gasteiger partial charge in [-0.1, -0.05) is 397 Å². The summed E-state index contributed by atoms with van der Waals surface area (Å²) in [5.41, 5.74) is 31.8. The third-order valence-corrected chi connectivity index (χ3v) is 28.0. The van der Waals surface area contributed by atoms with E-state index in [9.17, 15) is 0 Å². The zero-order chi connectivity index (χ0) is 82.6. The Kier molecular flexibility index (Phi) is 26.2. The van der Waals surface area contributed by atoms with E-state index in [1.807, 2.05) is 18.2 Å². The molecule has 3 aliphatic rings. The van der Waals surface area contributed by atoms with E-state index in [-0.39, 0.29) is 16.2 Å². The molecule has 0 aromatic heterocycles. The van der Waals surface area contributed by atoms with Crippen LogP contribution in [0.4, 0.5) is 51.2 Å². The topological polar surface area (TPSA) is 9.72 Å². The SMILES string of the molecule is C=Cc1ccc(N(c2ccc3c(c2)C(CCCCCC)(CCCCCC)c2c-3c3c(c4c2-c2ccc(N(c5ccc(C=C)cc5)c5cccc6ccccc56)cc2C4(CCCCCC)CCCCCC)-c2ccc(N(c4ccc(C=C)cc4)c4cccc5ccccc45)cc2C3(CCCCCC)CCCCCC)c2cccc3ccccc23)cc1. The summed E-state index contributed by atoms with van der Waals surface area (Å²) in [5, 5.41) is 7.47. The molecule has 0 atom stereocenters. The van der Waals surface area contributed by atoms with Crippen molar-refractivity contribution >= 4 is 102 Å². The van der Waals surface area contributed by atoms with Crippen LogP contribution in [0.1, 0.15) is 284 Å². The number of fused-ring (bicyclic) bond motifs is 15. The smallest absolute Gasteiger partial charge is 0.0540 e. The summed E-state index contributed by atoms with van der Waals surface area (Å²) < 4.78 is 0. The van der Waals surface area contributed by atoms with Crippen LogP contribution >= 0.6 is 0 Å². The monoisotopic (exact) mass is 1580 g/mol. The van der Waals surface area contributed by atoms with Gasteiger partial charge in [-0.25, -0.2) is 0 Å². The molecule has 0 fully saturated rings. The van der Waals surface area contributed by atoms with Gasteiger partial charge >= 0.3 is 0 Å². The Hall–Kier alpha value is -10.7. The third kappa shape index (κ3) is 15.8. The van der Waals surface area contributed by atoms with E-state index >= 15 is 0 Å². The number of rotatable bonds is 42. The minimum absolute atomic E-state index is 0.365. The molecule has 0 saturated heterocycles. The van der Waals surface area contributed by atoms with E-state index in [1.54, 1.807) is 50.1 Å². The molecule has 3 aliphatic carbocycles. The molecule has 3 heteroatoms. The first-order valence-corrected chi connectivity index (χ1v) is 46.9. The minimum atomic E-state index is -0.365. The molecule has 120 heavy (non-hydrogen) atoms. The molecule has 0 aliphatic heterocycles. The molecule has 0 radical (unpaired) electrons. The lowest BCUT2D eigenvalue weighted by atomic mass is 9.63. The lowest BCUT2D eigenvalue weighted by Crippen LogP contribution is -2.31. The third-order valence-electron chi connectivity index (χ3n) is 28.0. The fourth-order valence-electron chi connectivity index (χ4n) is 22.1. The molecular weight excluding hydrogens is 1450 g/mol. The van der Waals surface area contributed by atoms with Gasteiger partial charge < -0.3 is 14.7 Å². The van der Waals surface area contributed by atoms with Crippen molar-refractivity contribution in [3.8, 4) is 33.4 Å². The highest BCUT2D eigenvalue weighted by molar-refractivity contribution is 6.09. The number of benzene rings is 13. The van der Waals surface area contributed by atoms with Crippen LogP contribution in [0.15, 0.2) is 275 Å². The number of nitrogens with zero attached hydrogens (tertiary/aromatic N) is 3. The molecule has 0 heterocycles. The lowest BCUT2D eigenvalue weighted by molar-refractivity contribution is 0.389. The van der Waals surface area contributed by atoms with Gasteiger partial charge in [-0.2, -0.15) is 0 Å². The summed E-state index contributed by atoms with van der Waals surface area (Å²) in [6.07, 6.45) is 41.1. The second-order valence-electron chi connectivity index (χ2n) is 35.4. The summed E-state index contributed by atoms with van der Waals surface area (Å²) in [7, 11) is 0. The van der Waals surface area contributed by atoms with Crippen LogP contribution in [-0.2, 0) is 16.2 Å². The maximum atomic E-state index is 4.28. The molecule has 612 valence electrons. The summed E-state index contributed by atoms with van der Waals surface area (Å²) >= 11 is 0. The molecule has 3 nitrogen and oxygen atoms in total. The normalized spacial score (nSPS) is 13.6. The molecule has 0 amide bonds. The molecule has 13 aromatic rings. The van der Waals surface area contributed by atoms with Gasteiger partial charge in [-0.3, -0.25) is 0 Å². The fourth-order valence-corrected chi connectivity index (χ4v) is 22.1. The highest BCUT2D eigenvalue weighted by Crippen LogP contribution is 2.73. The van der Waals surface area contributed by atoms with Crippen LogP contribution in [0, 0.1) is 0 Å². The van der Waals surface area contributed by atoms with Gasteiger partial charge in [-0.05, 0) is 229 Å². The molecule has 16 rings (SSSR count). The molecule has 0 bridgehead atoms. The van der Waals surface area contributed by atoms with Crippen molar-refractivity contribution in [3.63, 3.8) is 0 Å². The summed E-state index contributed by atoms with van der Waals surface area (Å²) in [6, 6.07) is 100. The van der Waals surface area contributed by atoms with E-state index in [0.717, 1.165) is 111 Å². The molecule has 13 aromatic carbocycles. The van der Waals surface area contributed by atoms with E-state index < -0.39 is 0 Å².